The van der Waals surface area contributed by atoms with Crippen molar-refractivity contribution in [1.29, 1.82) is 0 Å². The second-order valence-corrected chi connectivity index (χ2v) is 3.19. The van der Waals surface area contributed by atoms with Crippen molar-refractivity contribution in [2.45, 2.75) is 13.0 Å². The van der Waals surface area contributed by atoms with Crippen LogP contribution in [0.1, 0.15) is 18.6 Å². The van der Waals surface area contributed by atoms with Gasteiger partial charge < -0.3 is 9.47 Å². The minimum atomic E-state index is -0.426. The fraction of sp³-hybridized carbons (Fsp3) is 0.308. The van der Waals surface area contributed by atoms with Crippen LogP contribution < -0.4 is 0 Å². The van der Waals surface area contributed by atoms with Gasteiger partial charge in [-0.05, 0) is 11.5 Å². The number of ketones is 1. The fourth-order valence-electron chi connectivity index (χ4n) is 1.15. The number of hydrogen-bond donors (Lipinski definition) is 0. The molecule has 1 aromatic rings. The molecule has 0 amide bonds. The highest BCUT2D eigenvalue weighted by Crippen LogP contribution is 2.15. The molecular weight excluding hydrogens is 204 g/mol. The van der Waals surface area contributed by atoms with Gasteiger partial charge in [0.05, 0.1) is 0 Å². The summed E-state index contributed by atoms with van der Waals surface area (Å²) >= 11 is 0. The van der Waals surface area contributed by atoms with Gasteiger partial charge in [-0.3, -0.25) is 4.79 Å². The van der Waals surface area contributed by atoms with Gasteiger partial charge in [0.2, 0.25) is 5.78 Å². The summed E-state index contributed by atoms with van der Waals surface area (Å²) in [6.07, 6.45) is -0.426. The molecule has 1 unspecified atom stereocenters. The maximum Gasteiger partial charge on any atom is 0.202 e. The van der Waals surface area contributed by atoms with Crippen LogP contribution in [0.3, 0.4) is 0 Å². The quantitative estimate of drug-likeness (QED) is 0.440. The highest BCUT2D eigenvalue weighted by atomic mass is 16.7. The molecule has 16 heavy (non-hydrogen) atoms. The Bertz CT molecular complexity index is 387. The molecular formula is C13H14O3. The molecule has 0 aliphatic heterocycles. The molecule has 0 aromatic heterocycles. The molecule has 0 spiro atoms. The smallest absolute Gasteiger partial charge is 0.202 e. The molecule has 0 saturated carbocycles. The third-order valence-electron chi connectivity index (χ3n) is 1.83. The van der Waals surface area contributed by atoms with E-state index in [1.165, 1.54) is 6.92 Å². The van der Waals surface area contributed by atoms with Gasteiger partial charge >= 0.3 is 0 Å². The first-order chi connectivity index (χ1) is 7.74. The molecule has 3 heteroatoms. The topological polar surface area (TPSA) is 35.5 Å². The van der Waals surface area contributed by atoms with Crippen LogP contribution in [0.2, 0.25) is 0 Å². The van der Waals surface area contributed by atoms with Gasteiger partial charge in [0.1, 0.15) is 12.9 Å². The first-order valence-corrected chi connectivity index (χ1v) is 4.91. The van der Waals surface area contributed by atoms with Crippen molar-refractivity contribution >= 4 is 5.78 Å². The van der Waals surface area contributed by atoms with E-state index >= 15 is 0 Å². The van der Waals surface area contributed by atoms with Crippen LogP contribution >= 0.6 is 0 Å². The third-order valence-corrected chi connectivity index (χ3v) is 1.83. The number of carbonyl (C=O) groups excluding carboxylic acids is 1. The van der Waals surface area contributed by atoms with Crippen molar-refractivity contribution < 1.29 is 14.3 Å². The molecule has 0 radical (unpaired) electrons. The van der Waals surface area contributed by atoms with Crippen molar-refractivity contribution in [2.24, 2.45) is 0 Å². The Hall–Kier alpha value is -1.63. The normalized spacial score (nSPS) is 11.4. The molecule has 0 aliphatic rings. The molecule has 0 fully saturated rings. The Morgan fingerprint density at radius 2 is 2.06 bits per heavy atom. The standard InChI is InChI=1S/C13H14O3/c1-11(14)8-9-13(16-10-15-2)12-6-4-3-5-7-12/h3-7,13H,10H2,1-2H3. The SMILES string of the molecule is COCOC(C#CC(C)=O)c1ccccc1. The summed E-state index contributed by atoms with van der Waals surface area (Å²) in [6, 6.07) is 9.50. The predicted molar refractivity (Wildman–Crippen MR) is 60.6 cm³/mol. The average Bonchev–Trinajstić information content (AvgIpc) is 2.30. The number of hydrogen-bond acceptors (Lipinski definition) is 3. The number of rotatable bonds is 4. The van der Waals surface area contributed by atoms with E-state index in [9.17, 15) is 4.79 Å². The van der Waals surface area contributed by atoms with E-state index in [2.05, 4.69) is 11.8 Å². The van der Waals surface area contributed by atoms with Crippen molar-refractivity contribution in [3.05, 3.63) is 35.9 Å². The van der Waals surface area contributed by atoms with E-state index in [4.69, 9.17) is 9.47 Å². The minimum Gasteiger partial charge on any atom is -0.359 e. The molecule has 84 valence electrons. The van der Waals surface area contributed by atoms with E-state index < -0.39 is 6.10 Å². The largest absolute Gasteiger partial charge is 0.359 e. The van der Waals surface area contributed by atoms with Gasteiger partial charge in [0, 0.05) is 14.0 Å². The number of carbonyl (C=O) groups is 1. The Balaban J connectivity index is 2.80. The van der Waals surface area contributed by atoms with Crippen molar-refractivity contribution in [1.82, 2.24) is 0 Å². The summed E-state index contributed by atoms with van der Waals surface area (Å²) < 4.78 is 10.2. The Labute approximate surface area is 95.4 Å². The summed E-state index contributed by atoms with van der Waals surface area (Å²) in [5.41, 5.74) is 0.910. The van der Waals surface area contributed by atoms with Gasteiger partial charge in [-0.25, -0.2) is 0 Å². The monoisotopic (exact) mass is 218 g/mol. The van der Waals surface area contributed by atoms with Gasteiger partial charge in [-0.1, -0.05) is 36.3 Å². The van der Waals surface area contributed by atoms with Crippen LogP contribution in [0.25, 0.3) is 0 Å². The summed E-state index contributed by atoms with van der Waals surface area (Å²) in [5.74, 6) is 5.07. The maximum atomic E-state index is 10.8. The lowest BCUT2D eigenvalue weighted by molar-refractivity contribution is -0.111. The van der Waals surface area contributed by atoms with Crippen molar-refractivity contribution in [3.8, 4) is 11.8 Å². The Kier molecular flexibility index (Phi) is 5.27. The number of Topliss-reactive ketones (excluding diaryl/α,β-unsaturated/α-hetero) is 1. The van der Waals surface area contributed by atoms with Crippen LogP contribution in [-0.4, -0.2) is 19.7 Å². The lowest BCUT2D eigenvalue weighted by Crippen LogP contribution is -2.05. The molecule has 0 N–H and O–H groups in total. The van der Waals surface area contributed by atoms with Gasteiger partial charge in [0.15, 0.2) is 0 Å². The van der Waals surface area contributed by atoms with Crippen LogP contribution in [-0.2, 0) is 14.3 Å². The molecule has 0 bridgehead atoms. The zero-order chi connectivity index (χ0) is 11.8. The molecule has 0 saturated heterocycles. The van der Waals surface area contributed by atoms with E-state index in [0.29, 0.717) is 0 Å². The first-order valence-electron chi connectivity index (χ1n) is 4.91. The predicted octanol–water partition coefficient (Wildman–Crippen LogP) is 1.94. The van der Waals surface area contributed by atoms with E-state index in [0.717, 1.165) is 5.56 Å². The van der Waals surface area contributed by atoms with Crippen LogP contribution in [0.15, 0.2) is 30.3 Å². The third kappa shape index (κ3) is 4.26. The van der Waals surface area contributed by atoms with Crippen LogP contribution in [0, 0.1) is 11.8 Å². The zero-order valence-electron chi connectivity index (χ0n) is 9.40. The van der Waals surface area contributed by atoms with E-state index in [-0.39, 0.29) is 12.6 Å². The number of methoxy groups -OCH3 is 1. The van der Waals surface area contributed by atoms with Crippen molar-refractivity contribution in [3.63, 3.8) is 0 Å². The van der Waals surface area contributed by atoms with Crippen LogP contribution in [0.5, 0.6) is 0 Å². The number of ether oxygens (including phenoxy) is 2. The second kappa shape index (κ2) is 6.78. The summed E-state index contributed by atoms with van der Waals surface area (Å²) in [5, 5.41) is 0. The summed E-state index contributed by atoms with van der Waals surface area (Å²) in [6.45, 7) is 1.57. The fourth-order valence-corrected chi connectivity index (χ4v) is 1.15. The zero-order valence-corrected chi connectivity index (χ0v) is 9.40. The molecule has 1 atom stereocenters. The highest BCUT2D eigenvalue weighted by Gasteiger charge is 2.07. The average molecular weight is 218 g/mol. The second-order valence-electron chi connectivity index (χ2n) is 3.19. The Morgan fingerprint density at radius 1 is 1.38 bits per heavy atom. The lowest BCUT2D eigenvalue weighted by Gasteiger charge is -2.11. The summed E-state index contributed by atoms with van der Waals surface area (Å²) in [4.78, 5) is 10.8. The van der Waals surface area contributed by atoms with Crippen LogP contribution in [0.4, 0.5) is 0 Å². The minimum absolute atomic E-state index is 0.145. The first kappa shape index (κ1) is 12.4. The molecule has 0 aliphatic carbocycles. The highest BCUT2D eigenvalue weighted by molar-refractivity contribution is 5.93. The summed E-state index contributed by atoms with van der Waals surface area (Å²) in [7, 11) is 1.54. The molecule has 0 heterocycles. The van der Waals surface area contributed by atoms with Gasteiger partial charge in [-0.2, -0.15) is 0 Å². The Morgan fingerprint density at radius 3 is 2.62 bits per heavy atom. The van der Waals surface area contributed by atoms with E-state index in [1.807, 2.05) is 30.3 Å². The molecule has 3 nitrogen and oxygen atoms in total. The maximum absolute atomic E-state index is 10.8. The lowest BCUT2D eigenvalue weighted by atomic mass is 10.1. The number of benzene rings is 1. The molecule has 1 aromatic carbocycles. The van der Waals surface area contributed by atoms with Gasteiger partial charge in [-0.15, -0.1) is 0 Å². The van der Waals surface area contributed by atoms with Gasteiger partial charge in [0.25, 0.3) is 0 Å². The van der Waals surface area contributed by atoms with Crippen molar-refractivity contribution in [2.75, 3.05) is 13.9 Å². The molecule has 1 rings (SSSR count). The van der Waals surface area contributed by atoms with E-state index in [1.54, 1.807) is 7.11 Å².